The summed E-state index contributed by atoms with van der Waals surface area (Å²) in [6, 6.07) is 6.81. The Morgan fingerprint density at radius 2 is 1.72 bits per heavy atom. The van der Waals surface area contributed by atoms with Gasteiger partial charge in [-0.15, -0.1) is 0 Å². The quantitative estimate of drug-likeness (QED) is 0.892. The van der Waals surface area contributed by atoms with Gasteiger partial charge in [-0.05, 0) is 57.9 Å². The maximum absolute atomic E-state index is 12.3. The number of likely N-dealkylation sites (tertiary alicyclic amines) is 1. The van der Waals surface area contributed by atoms with Crippen LogP contribution in [0.25, 0.3) is 0 Å². The van der Waals surface area contributed by atoms with Crippen LogP contribution in [0.1, 0.15) is 44.0 Å². The fraction of sp³-hybridized carbons (Fsp3) is 0.556. The molecule has 0 aromatic heterocycles. The molecule has 1 atom stereocenters. The van der Waals surface area contributed by atoms with Crippen molar-refractivity contribution in [2.24, 2.45) is 0 Å². The number of carbonyl (C=O) groups is 2. The van der Waals surface area contributed by atoms with Gasteiger partial charge in [0.15, 0.2) is 0 Å². The van der Waals surface area contributed by atoms with Crippen LogP contribution in [0, 0.1) is 0 Å². The number of rotatable bonds is 3. The highest BCUT2D eigenvalue weighted by molar-refractivity contribution is 7.84. The van der Waals surface area contributed by atoms with Crippen LogP contribution >= 0.6 is 0 Å². The second-order valence-electron chi connectivity index (χ2n) is 7.19. The largest absolute Gasteiger partial charge is 0.444 e. The first kappa shape index (κ1) is 19.4. The van der Waals surface area contributed by atoms with E-state index in [4.69, 9.17) is 4.74 Å². The van der Waals surface area contributed by atoms with Crippen molar-refractivity contribution in [3.63, 3.8) is 0 Å². The molecular formula is C18H26N2O4S. The topological polar surface area (TPSA) is 75.7 Å². The minimum atomic E-state index is -1.05. The van der Waals surface area contributed by atoms with Gasteiger partial charge >= 0.3 is 6.09 Å². The van der Waals surface area contributed by atoms with Gasteiger partial charge in [0.25, 0.3) is 5.91 Å². The van der Waals surface area contributed by atoms with Crippen molar-refractivity contribution in [3.05, 3.63) is 29.8 Å². The molecule has 6 nitrogen and oxygen atoms in total. The summed E-state index contributed by atoms with van der Waals surface area (Å²) < 4.78 is 16.8. The number of piperidine rings is 1. The highest BCUT2D eigenvalue weighted by atomic mass is 32.2. The minimum Gasteiger partial charge on any atom is -0.444 e. The number of hydrogen-bond donors (Lipinski definition) is 1. The Balaban J connectivity index is 1.84. The number of nitrogens with one attached hydrogen (secondary N) is 1. The Bertz CT molecular complexity index is 644. The predicted molar refractivity (Wildman–Crippen MR) is 97.1 cm³/mol. The van der Waals surface area contributed by atoms with E-state index in [2.05, 4.69) is 5.32 Å². The van der Waals surface area contributed by atoms with E-state index < -0.39 is 16.4 Å². The van der Waals surface area contributed by atoms with Crippen molar-refractivity contribution >= 4 is 22.8 Å². The SMILES string of the molecule is CS(=O)c1ccc(C(=O)NC2CCN(C(=O)OC(C)(C)C)CC2)cc1. The summed E-state index contributed by atoms with van der Waals surface area (Å²) in [6.07, 6.45) is 2.69. The van der Waals surface area contributed by atoms with Gasteiger partial charge < -0.3 is 15.0 Å². The van der Waals surface area contributed by atoms with Crippen molar-refractivity contribution in [2.45, 2.75) is 50.2 Å². The molecule has 0 aliphatic carbocycles. The summed E-state index contributed by atoms with van der Waals surface area (Å²) in [6.45, 7) is 6.66. The maximum atomic E-state index is 12.3. The molecule has 1 saturated heterocycles. The zero-order valence-electron chi connectivity index (χ0n) is 15.2. The van der Waals surface area contributed by atoms with E-state index in [1.54, 1.807) is 35.4 Å². The Labute approximate surface area is 151 Å². The molecule has 1 N–H and O–H groups in total. The molecule has 1 aliphatic heterocycles. The van der Waals surface area contributed by atoms with Crippen LogP contribution in [0.3, 0.4) is 0 Å². The average molecular weight is 366 g/mol. The summed E-state index contributed by atoms with van der Waals surface area (Å²) in [5.74, 6) is -0.149. The molecule has 138 valence electrons. The lowest BCUT2D eigenvalue weighted by atomic mass is 10.0. The number of nitrogens with zero attached hydrogens (tertiary/aromatic N) is 1. The van der Waals surface area contributed by atoms with E-state index in [9.17, 15) is 13.8 Å². The van der Waals surface area contributed by atoms with Gasteiger partial charge in [0, 0.05) is 46.6 Å². The van der Waals surface area contributed by atoms with Gasteiger partial charge in [-0.2, -0.15) is 0 Å². The van der Waals surface area contributed by atoms with Crippen molar-refractivity contribution in [1.29, 1.82) is 0 Å². The standard InChI is InChI=1S/C18H26N2O4S/c1-18(2,3)24-17(22)20-11-9-14(10-12-20)19-16(21)13-5-7-15(8-6-13)25(4)23/h5-8,14H,9-12H2,1-4H3,(H,19,21). The van der Waals surface area contributed by atoms with Crippen LogP contribution in [-0.4, -0.2) is 52.1 Å². The summed E-state index contributed by atoms with van der Waals surface area (Å²) >= 11 is 0. The number of amides is 2. The highest BCUT2D eigenvalue weighted by Gasteiger charge is 2.27. The first-order chi connectivity index (χ1) is 11.7. The summed E-state index contributed by atoms with van der Waals surface area (Å²) in [5.41, 5.74) is 0.0417. The molecule has 0 bridgehead atoms. The van der Waals surface area contributed by atoms with Crippen molar-refractivity contribution in [3.8, 4) is 0 Å². The summed E-state index contributed by atoms with van der Waals surface area (Å²) in [7, 11) is -1.05. The molecule has 2 rings (SSSR count). The summed E-state index contributed by atoms with van der Waals surface area (Å²) in [4.78, 5) is 26.7. The molecule has 1 aromatic rings. The Kier molecular flexibility index (Phi) is 6.21. The Morgan fingerprint density at radius 3 is 2.20 bits per heavy atom. The van der Waals surface area contributed by atoms with Crippen LogP contribution in [0.2, 0.25) is 0 Å². The normalized spacial score (nSPS) is 17.0. The lowest BCUT2D eigenvalue weighted by Gasteiger charge is -2.33. The van der Waals surface area contributed by atoms with Gasteiger partial charge in [0.2, 0.25) is 0 Å². The van der Waals surface area contributed by atoms with E-state index in [-0.39, 0.29) is 18.0 Å². The zero-order chi connectivity index (χ0) is 18.6. The minimum absolute atomic E-state index is 0.0335. The van der Waals surface area contributed by atoms with Crippen molar-refractivity contribution in [1.82, 2.24) is 10.2 Å². The van der Waals surface area contributed by atoms with E-state index in [1.807, 2.05) is 20.8 Å². The molecule has 1 aromatic carbocycles. The maximum Gasteiger partial charge on any atom is 0.410 e. The molecule has 1 unspecified atom stereocenters. The molecule has 2 amide bonds. The van der Waals surface area contributed by atoms with Crippen molar-refractivity contribution < 1.29 is 18.5 Å². The monoisotopic (exact) mass is 366 g/mol. The van der Waals surface area contributed by atoms with E-state index in [1.165, 1.54) is 0 Å². The lowest BCUT2D eigenvalue weighted by Crippen LogP contribution is -2.47. The van der Waals surface area contributed by atoms with E-state index in [0.29, 0.717) is 36.4 Å². The van der Waals surface area contributed by atoms with Crippen LogP contribution in [0.4, 0.5) is 4.79 Å². The highest BCUT2D eigenvalue weighted by Crippen LogP contribution is 2.16. The van der Waals surface area contributed by atoms with Gasteiger partial charge in [0.1, 0.15) is 5.60 Å². The number of ether oxygens (including phenoxy) is 1. The molecule has 1 heterocycles. The first-order valence-electron chi connectivity index (χ1n) is 8.38. The third-order valence-electron chi connectivity index (χ3n) is 3.93. The smallest absolute Gasteiger partial charge is 0.410 e. The third kappa shape index (κ3) is 5.85. The van der Waals surface area contributed by atoms with Crippen LogP contribution in [0.15, 0.2) is 29.2 Å². The van der Waals surface area contributed by atoms with Crippen LogP contribution < -0.4 is 5.32 Å². The van der Waals surface area contributed by atoms with Crippen LogP contribution in [0.5, 0.6) is 0 Å². The molecular weight excluding hydrogens is 340 g/mol. The third-order valence-corrected chi connectivity index (χ3v) is 4.87. The fourth-order valence-corrected chi connectivity index (χ4v) is 3.12. The summed E-state index contributed by atoms with van der Waals surface area (Å²) in [5, 5.41) is 3.00. The number of benzene rings is 1. The van der Waals surface area contributed by atoms with Gasteiger partial charge in [-0.1, -0.05) is 0 Å². The fourth-order valence-electron chi connectivity index (χ4n) is 2.60. The average Bonchev–Trinajstić information content (AvgIpc) is 2.54. The van der Waals surface area contributed by atoms with Gasteiger partial charge in [-0.25, -0.2) is 4.79 Å². The first-order valence-corrected chi connectivity index (χ1v) is 9.94. The van der Waals surface area contributed by atoms with Crippen molar-refractivity contribution in [2.75, 3.05) is 19.3 Å². The van der Waals surface area contributed by atoms with E-state index >= 15 is 0 Å². The predicted octanol–water partition coefficient (Wildman–Crippen LogP) is 2.55. The molecule has 0 saturated carbocycles. The zero-order valence-corrected chi connectivity index (χ0v) is 16.0. The number of hydrogen-bond acceptors (Lipinski definition) is 4. The molecule has 1 aliphatic rings. The molecule has 0 radical (unpaired) electrons. The Hall–Kier alpha value is -1.89. The molecule has 0 spiro atoms. The molecule has 7 heteroatoms. The van der Waals surface area contributed by atoms with Crippen LogP contribution in [-0.2, 0) is 15.5 Å². The van der Waals surface area contributed by atoms with Gasteiger partial charge in [0.05, 0.1) is 0 Å². The Morgan fingerprint density at radius 1 is 1.16 bits per heavy atom. The van der Waals surface area contributed by atoms with E-state index in [0.717, 1.165) is 0 Å². The molecule has 25 heavy (non-hydrogen) atoms. The second-order valence-corrected chi connectivity index (χ2v) is 8.57. The molecule has 1 fully saturated rings. The lowest BCUT2D eigenvalue weighted by molar-refractivity contribution is 0.0199. The second kappa shape index (κ2) is 7.99. The van der Waals surface area contributed by atoms with Gasteiger partial charge in [-0.3, -0.25) is 9.00 Å². The number of carbonyl (C=O) groups excluding carboxylic acids is 2.